The van der Waals surface area contributed by atoms with Gasteiger partial charge in [0, 0.05) is 25.7 Å². The molecule has 1 aliphatic heterocycles. The SMILES string of the molecule is CCCCC(CNC(=O)OC(C)(C)C)NC(=NCC1CCS(=O)(=O)C1)NCC.I. The summed E-state index contributed by atoms with van der Waals surface area (Å²) in [5.74, 6) is 1.21. The first-order valence-corrected chi connectivity index (χ1v) is 12.1. The molecule has 0 aromatic carbocycles. The lowest BCUT2D eigenvalue weighted by Crippen LogP contribution is -2.49. The third-order valence-corrected chi connectivity index (χ3v) is 6.15. The molecule has 0 aliphatic carbocycles. The quantitative estimate of drug-likeness (QED) is 0.233. The summed E-state index contributed by atoms with van der Waals surface area (Å²) >= 11 is 0. The molecule has 0 radical (unpaired) electrons. The van der Waals surface area contributed by atoms with Crippen molar-refractivity contribution in [3.8, 4) is 0 Å². The monoisotopic (exact) mass is 546 g/mol. The molecule has 29 heavy (non-hydrogen) atoms. The highest BCUT2D eigenvalue weighted by Gasteiger charge is 2.27. The number of sulfone groups is 1. The van der Waals surface area contributed by atoms with Crippen LogP contribution in [-0.2, 0) is 14.6 Å². The number of rotatable bonds is 9. The molecular formula is C19H39IN4O4S. The summed E-state index contributed by atoms with van der Waals surface area (Å²) in [5.41, 5.74) is -0.533. The van der Waals surface area contributed by atoms with Crippen LogP contribution in [0, 0.1) is 5.92 Å². The second-order valence-corrected chi connectivity index (χ2v) is 10.6. The van der Waals surface area contributed by atoms with Crippen molar-refractivity contribution in [2.75, 3.05) is 31.1 Å². The molecule has 10 heteroatoms. The smallest absolute Gasteiger partial charge is 0.407 e. The van der Waals surface area contributed by atoms with Crippen LogP contribution in [-0.4, -0.2) is 63.3 Å². The normalized spacial score (nSPS) is 19.8. The Morgan fingerprint density at radius 3 is 2.45 bits per heavy atom. The number of unbranched alkanes of at least 4 members (excludes halogenated alkanes) is 1. The molecule has 1 aliphatic rings. The van der Waals surface area contributed by atoms with Gasteiger partial charge >= 0.3 is 6.09 Å². The lowest BCUT2D eigenvalue weighted by Gasteiger charge is -2.24. The molecule has 1 rings (SSSR count). The molecule has 0 aromatic heterocycles. The molecule has 0 spiro atoms. The fourth-order valence-electron chi connectivity index (χ4n) is 2.95. The number of alkyl carbamates (subject to hydrolysis) is 1. The molecule has 3 N–H and O–H groups in total. The molecule has 1 saturated heterocycles. The van der Waals surface area contributed by atoms with E-state index in [1.54, 1.807) is 0 Å². The van der Waals surface area contributed by atoms with Gasteiger partial charge in [-0.2, -0.15) is 0 Å². The van der Waals surface area contributed by atoms with E-state index in [2.05, 4.69) is 27.9 Å². The van der Waals surface area contributed by atoms with E-state index in [1.807, 2.05) is 27.7 Å². The number of carbonyl (C=O) groups is 1. The minimum Gasteiger partial charge on any atom is -0.444 e. The number of guanidine groups is 1. The molecule has 0 bridgehead atoms. The zero-order valence-corrected chi connectivity index (χ0v) is 21.6. The number of nitrogens with one attached hydrogen (secondary N) is 3. The van der Waals surface area contributed by atoms with Crippen molar-refractivity contribution in [2.24, 2.45) is 10.9 Å². The molecule has 1 heterocycles. The summed E-state index contributed by atoms with van der Waals surface area (Å²) in [7, 11) is -2.90. The summed E-state index contributed by atoms with van der Waals surface area (Å²) in [6.45, 7) is 11.2. The summed E-state index contributed by atoms with van der Waals surface area (Å²) < 4.78 is 28.5. The Morgan fingerprint density at radius 1 is 1.24 bits per heavy atom. The highest BCUT2D eigenvalue weighted by atomic mass is 127. The average Bonchev–Trinajstić information content (AvgIpc) is 2.92. The molecule has 172 valence electrons. The van der Waals surface area contributed by atoms with Crippen LogP contribution in [0.5, 0.6) is 0 Å². The van der Waals surface area contributed by atoms with Gasteiger partial charge in [0.05, 0.1) is 11.5 Å². The Labute approximate surface area is 193 Å². The van der Waals surface area contributed by atoms with Crippen LogP contribution in [0.2, 0.25) is 0 Å². The summed E-state index contributed by atoms with van der Waals surface area (Å²) in [4.78, 5) is 16.5. The Morgan fingerprint density at radius 2 is 1.93 bits per heavy atom. The first-order valence-electron chi connectivity index (χ1n) is 10.3. The number of hydrogen-bond donors (Lipinski definition) is 3. The highest BCUT2D eigenvalue weighted by Crippen LogP contribution is 2.18. The van der Waals surface area contributed by atoms with Gasteiger partial charge in [0.2, 0.25) is 0 Å². The van der Waals surface area contributed by atoms with E-state index in [4.69, 9.17) is 4.74 Å². The number of amides is 1. The fraction of sp³-hybridized carbons (Fsp3) is 0.895. The van der Waals surface area contributed by atoms with E-state index < -0.39 is 21.5 Å². The molecule has 2 unspecified atom stereocenters. The van der Waals surface area contributed by atoms with Crippen LogP contribution < -0.4 is 16.0 Å². The van der Waals surface area contributed by atoms with Crippen molar-refractivity contribution in [1.29, 1.82) is 0 Å². The molecule has 0 aromatic rings. The van der Waals surface area contributed by atoms with Crippen LogP contribution in [0.3, 0.4) is 0 Å². The van der Waals surface area contributed by atoms with Crippen LogP contribution in [0.4, 0.5) is 4.79 Å². The molecule has 8 nitrogen and oxygen atoms in total. The molecule has 0 saturated carbocycles. The predicted molar refractivity (Wildman–Crippen MR) is 129 cm³/mol. The van der Waals surface area contributed by atoms with E-state index >= 15 is 0 Å². The standard InChI is InChI=1S/C19H38N4O4S.HI/c1-6-8-9-16(13-22-18(24)27-19(3,4)5)23-17(20-7-2)21-12-15-10-11-28(25,26)14-15;/h15-16H,6-14H2,1-5H3,(H,22,24)(H2,20,21,23);1H. The predicted octanol–water partition coefficient (Wildman–Crippen LogP) is 2.68. The van der Waals surface area contributed by atoms with E-state index in [-0.39, 0.29) is 47.4 Å². The van der Waals surface area contributed by atoms with Gasteiger partial charge in [-0.15, -0.1) is 24.0 Å². The number of carbonyl (C=O) groups excluding carboxylic acids is 1. The number of halogens is 1. The third kappa shape index (κ3) is 13.2. The third-order valence-electron chi connectivity index (χ3n) is 4.32. The van der Waals surface area contributed by atoms with Crippen molar-refractivity contribution >= 4 is 45.9 Å². The first kappa shape index (κ1) is 28.2. The van der Waals surface area contributed by atoms with Crippen LogP contribution >= 0.6 is 24.0 Å². The van der Waals surface area contributed by atoms with Crippen molar-refractivity contribution in [3.63, 3.8) is 0 Å². The number of hydrogen-bond acceptors (Lipinski definition) is 5. The van der Waals surface area contributed by atoms with Gasteiger partial charge in [0.1, 0.15) is 5.60 Å². The van der Waals surface area contributed by atoms with Gasteiger partial charge in [-0.1, -0.05) is 19.8 Å². The lowest BCUT2D eigenvalue weighted by molar-refractivity contribution is 0.0522. The second-order valence-electron chi connectivity index (χ2n) is 8.35. The van der Waals surface area contributed by atoms with Crippen molar-refractivity contribution in [2.45, 2.75) is 71.9 Å². The van der Waals surface area contributed by atoms with E-state index in [1.165, 1.54) is 0 Å². The number of aliphatic imine (C=N–C) groups is 1. The van der Waals surface area contributed by atoms with Gasteiger partial charge < -0.3 is 20.7 Å². The summed E-state index contributed by atoms with van der Waals surface area (Å²) in [5, 5.41) is 9.40. The highest BCUT2D eigenvalue weighted by molar-refractivity contribution is 14.0. The van der Waals surface area contributed by atoms with Crippen molar-refractivity contribution in [3.05, 3.63) is 0 Å². The largest absolute Gasteiger partial charge is 0.444 e. The van der Waals surface area contributed by atoms with Crippen molar-refractivity contribution < 1.29 is 17.9 Å². The lowest BCUT2D eigenvalue weighted by atomic mass is 10.1. The first-order chi connectivity index (χ1) is 13.0. The van der Waals surface area contributed by atoms with Crippen molar-refractivity contribution in [1.82, 2.24) is 16.0 Å². The number of nitrogens with zero attached hydrogens (tertiary/aromatic N) is 1. The molecule has 1 fully saturated rings. The summed E-state index contributed by atoms with van der Waals surface area (Å²) in [6, 6.07) is 0.0116. The second kappa shape index (κ2) is 13.5. The van der Waals surface area contributed by atoms with Gasteiger partial charge in [-0.05, 0) is 46.5 Å². The van der Waals surface area contributed by atoms with E-state index in [0.717, 1.165) is 19.3 Å². The van der Waals surface area contributed by atoms with E-state index in [9.17, 15) is 13.2 Å². The average molecular weight is 547 g/mol. The van der Waals surface area contributed by atoms with Crippen LogP contribution in [0.15, 0.2) is 4.99 Å². The Hall–Kier alpha value is -0.780. The Balaban J connectivity index is 0.00000784. The maximum Gasteiger partial charge on any atom is 0.407 e. The number of ether oxygens (including phenoxy) is 1. The molecule has 2 atom stereocenters. The topological polar surface area (TPSA) is 109 Å². The Kier molecular flexibility index (Phi) is 13.1. The Bertz CT molecular complexity index is 620. The van der Waals surface area contributed by atoms with Gasteiger partial charge in [0.15, 0.2) is 15.8 Å². The zero-order valence-electron chi connectivity index (χ0n) is 18.4. The van der Waals surface area contributed by atoms with Crippen LogP contribution in [0.1, 0.15) is 60.3 Å². The van der Waals surface area contributed by atoms with Gasteiger partial charge in [-0.25, -0.2) is 13.2 Å². The zero-order chi connectivity index (χ0) is 21.2. The maximum atomic E-state index is 11.9. The minimum absolute atomic E-state index is 0. The van der Waals surface area contributed by atoms with Gasteiger partial charge in [0.25, 0.3) is 0 Å². The van der Waals surface area contributed by atoms with Crippen LogP contribution in [0.25, 0.3) is 0 Å². The molecule has 1 amide bonds. The van der Waals surface area contributed by atoms with Gasteiger partial charge in [-0.3, -0.25) is 4.99 Å². The maximum absolute atomic E-state index is 11.9. The summed E-state index contributed by atoms with van der Waals surface area (Å²) in [6.07, 6.45) is 3.19. The molecular weight excluding hydrogens is 507 g/mol. The fourth-order valence-corrected chi connectivity index (χ4v) is 4.80. The van der Waals surface area contributed by atoms with E-state index in [0.29, 0.717) is 32.0 Å². The minimum atomic E-state index is -2.90.